The second kappa shape index (κ2) is 8.84. The molecule has 0 unspecified atom stereocenters. The Kier molecular flexibility index (Phi) is 7.57. The molecule has 7 heteroatoms. The van der Waals surface area contributed by atoms with Gasteiger partial charge in [0.1, 0.15) is 5.82 Å². The van der Waals surface area contributed by atoms with Gasteiger partial charge in [-0.05, 0) is 19.1 Å². The number of anilines is 1. The average Bonchev–Trinajstić information content (AvgIpc) is 2.29. The molecule has 7 nitrogen and oxygen atoms in total. The summed E-state index contributed by atoms with van der Waals surface area (Å²) in [5.74, 6) is -1.33. The number of nitrogens with zero attached hydrogens (tertiary/aromatic N) is 2. The molecule has 0 amide bonds. The molecule has 0 aliphatic carbocycles. The molecule has 1 heterocycles. The van der Waals surface area contributed by atoms with Crippen LogP contribution in [-0.4, -0.2) is 33.8 Å². The van der Waals surface area contributed by atoms with Crippen LogP contribution in [0.1, 0.15) is 6.92 Å². The van der Waals surface area contributed by atoms with E-state index in [1.807, 2.05) is 0 Å². The molecule has 0 saturated carbocycles. The minimum atomic E-state index is -1.16. The maximum absolute atomic E-state index is 10.4. The lowest BCUT2D eigenvalue weighted by Crippen LogP contribution is -2.00. The monoisotopic (exact) mass is 239 g/mol. The van der Waals surface area contributed by atoms with Crippen molar-refractivity contribution in [2.24, 2.45) is 0 Å². The molecule has 0 fully saturated rings. The van der Waals surface area contributed by atoms with Crippen LogP contribution in [0.3, 0.4) is 0 Å². The fraction of sp³-hybridized carbons (Fsp3) is 0.200. The van der Waals surface area contributed by atoms with Gasteiger partial charge in [-0.25, -0.2) is 9.59 Å². The van der Waals surface area contributed by atoms with Gasteiger partial charge >= 0.3 is 11.9 Å². The zero-order chi connectivity index (χ0) is 13.1. The van der Waals surface area contributed by atoms with Gasteiger partial charge in [-0.15, -0.1) is 5.10 Å². The highest BCUT2D eigenvalue weighted by Gasteiger charge is 1.94. The lowest BCUT2D eigenvalue weighted by molar-refractivity contribution is -0.138. The van der Waals surface area contributed by atoms with Crippen molar-refractivity contribution >= 4 is 17.8 Å². The van der Waals surface area contributed by atoms with E-state index in [9.17, 15) is 9.59 Å². The largest absolute Gasteiger partial charge is 0.478 e. The van der Waals surface area contributed by atoms with Crippen LogP contribution in [0.2, 0.25) is 0 Å². The fourth-order valence-electron chi connectivity index (χ4n) is 0.643. The molecule has 0 bridgehead atoms. The van der Waals surface area contributed by atoms with E-state index in [0.29, 0.717) is 5.82 Å². The molecule has 1 aromatic rings. The first kappa shape index (κ1) is 14.6. The molecule has 17 heavy (non-hydrogen) atoms. The summed E-state index contributed by atoms with van der Waals surface area (Å²) in [5.41, 5.74) is 5.18. The molecule has 0 spiro atoms. The molecular formula is C10H13N3O4. The van der Waals surface area contributed by atoms with Crippen LogP contribution in [0, 0.1) is 0 Å². The number of carbonyl (C=O) groups excluding carboxylic acids is 1. The third-order valence-corrected chi connectivity index (χ3v) is 1.24. The molecule has 0 atom stereocenters. The zero-order valence-electron chi connectivity index (χ0n) is 9.24. The zero-order valence-corrected chi connectivity index (χ0v) is 9.24. The number of carboxylic acid groups (broad SMARTS) is 1. The first-order chi connectivity index (χ1) is 8.06. The highest BCUT2D eigenvalue weighted by atomic mass is 16.5. The van der Waals surface area contributed by atoms with Crippen LogP contribution in [0.15, 0.2) is 30.5 Å². The quantitative estimate of drug-likeness (QED) is 0.573. The minimum absolute atomic E-state index is 0.253. The number of ether oxygens (including phenoxy) is 1. The van der Waals surface area contributed by atoms with Gasteiger partial charge in [-0.2, -0.15) is 5.10 Å². The summed E-state index contributed by atoms with van der Waals surface area (Å²) >= 11 is 0. The number of aliphatic carboxylic acids is 1. The minimum Gasteiger partial charge on any atom is -0.478 e. The second-order valence-electron chi connectivity index (χ2n) is 2.57. The highest BCUT2D eigenvalue weighted by Crippen LogP contribution is 1.86. The number of aromatic nitrogens is 2. The number of carboxylic acids is 1. The fourth-order valence-corrected chi connectivity index (χ4v) is 0.643. The third-order valence-electron chi connectivity index (χ3n) is 1.24. The van der Waals surface area contributed by atoms with E-state index in [4.69, 9.17) is 10.8 Å². The summed E-state index contributed by atoms with van der Waals surface area (Å²) in [4.78, 5) is 20.2. The van der Waals surface area contributed by atoms with Crippen molar-refractivity contribution < 1.29 is 19.4 Å². The maximum atomic E-state index is 10.4. The predicted molar refractivity (Wildman–Crippen MR) is 59.9 cm³/mol. The molecule has 0 saturated heterocycles. The Morgan fingerprint density at radius 2 is 2.24 bits per heavy atom. The van der Waals surface area contributed by atoms with Crippen molar-refractivity contribution in [3.05, 3.63) is 30.5 Å². The van der Waals surface area contributed by atoms with E-state index in [1.165, 1.54) is 0 Å². The van der Waals surface area contributed by atoms with Gasteiger partial charge in [0.25, 0.3) is 0 Å². The molecule has 3 N–H and O–H groups in total. The number of nitrogen functional groups attached to an aromatic ring is 1. The lowest BCUT2D eigenvalue weighted by Gasteiger charge is -1.92. The van der Waals surface area contributed by atoms with Gasteiger partial charge in [0.05, 0.1) is 6.61 Å². The van der Waals surface area contributed by atoms with Crippen molar-refractivity contribution in [1.82, 2.24) is 10.2 Å². The van der Waals surface area contributed by atoms with Crippen LogP contribution in [-0.2, 0) is 14.3 Å². The number of rotatable bonds is 3. The van der Waals surface area contributed by atoms with Crippen LogP contribution >= 0.6 is 0 Å². The number of hydrogen-bond acceptors (Lipinski definition) is 6. The lowest BCUT2D eigenvalue weighted by atomic mass is 10.5. The Balaban J connectivity index is 0.000000318. The SMILES string of the molecule is CCOC(=O)/C=C\C(=O)O.Nc1cccnn1. The van der Waals surface area contributed by atoms with E-state index in [1.54, 1.807) is 25.3 Å². The number of nitrogens with two attached hydrogens (primary N) is 1. The maximum Gasteiger partial charge on any atom is 0.330 e. The Bertz CT molecular complexity index is 378. The predicted octanol–water partition coefficient (Wildman–Crippen LogP) is 0.249. The molecular weight excluding hydrogens is 226 g/mol. The second-order valence-corrected chi connectivity index (χ2v) is 2.57. The summed E-state index contributed by atoms with van der Waals surface area (Å²) < 4.78 is 4.40. The third kappa shape index (κ3) is 9.85. The molecule has 1 rings (SSSR count). The topological polar surface area (TPSA) is 115 Å². The van der Waals surface area contributed by atoms with Crippen molar-refractivity contribution in [3.8, 4) is 0 Å². The van der Waals surface area contributed by atoms with E-state index in [2.05, 4.69) is 14.9 Å². The summed E-state index contributed by atoms with van der Waals surface area (Å²) in [6.45, 7) is 1.90. The van der Waals surface area contributed by atoms with E-state index < -0.39 is 11.9 Å². The van der Waals surface area contributed by atoms with E-state index in [-0.39, 0.29) is 6.61 Å². The van der Waals surface area contributed by atoms with Crippen LogP contribution in [0.5, 0.6) is 0 Å². The Hall–Kier alpha value is -2.44. The molecule has 92 valence electrons. The molecule has 0 radical (unpaired) electrons. The van der Waals surface area contributed by atoms with Gasteiger partial charge in [0, 0.05) is 18.3 Å². The van der Waals surface area contributed by atoms with Crippen molar-refractivity contribution in [1.29, 1.82) is 0 Å². The van der Waals surface area contributed by atoms with Crippen molar-refractivity contribution in [2.75, 3.05) is 12.3 Å². The first-order valence-electron chi connectivity index (χ1n) is 4.67. The number of esters is 1. The van der Waals surface area contributed by atoms with E-state index >= 15 is 0 Å². The Morgan fingerprint density at radius 1 is 1.53 bits per heavy atom. The van der Waals surface area contributed by atoms with Gasteiger partial charge in [-0.1, -0.05) is 0 Å². The molecule has 0 aliphatic rings. The average molecular weight is 239 g/mol. The summed E-state index contributed by atoms with van der Waals surface area (Å²) in [5, 5.41) is 15.1. The van der Waals surface area contributed by atoms with E-state index in [0.717, 1.165) is 12.2 Å². The summed E-state index contributed by atoms with van der Waals surface area (Å²) in [7, 11) is 0. The van der Waals surface area contributed by atoms with Gasteiger partial charge in [0.15, 0.2) is 0 Å². The number of hydrogen-bond donors (Lipinski definition) is 2. The molecule has 0 aromatic carbocycles. The Labute approximate surface area is 97.9 Å². The van der Waals surface area contributed by atoms with Gasteiger partial charge < -0.3 is 15.6 Å². The smallest absolute Gasteiger partial charge is 0.330 e. The molecule has 0 aliphatic heterocycles. The van der Waals surface area contributed by atoms with Crippen LogP contribution in [0.4, 0.5) is 5.82 Å². The first-order valence-corrected chi connectivity index (χ1v) is 4.67. The molecule has 1 aromatic heterocycles. The van der Waals surface area contributed by atoms with Crippen molar-refractivity contribution in [3.63, 3.8) is 0 Å². The number of carbonyl (C=O) groups is 2. The standard InChI is InChI=1S/C6H8O4.C4H5N3/c1-2-10-6(9)4-3-5(7)8;5-4-2-1-3-6-7-4/h3-4H,2H2,1H3,(H,7,8);1-3H,(H2,5,7)/b4-3-;. The Morgan fingerprint density at radius 3 is 2.59 bits per heavy atom. The normalized spacial score (nSPS) is 9.24. The van der Waals surface area contributed by atoms with Gasteiger partial charge in [0.2, 0.25) is 0 Å². The van der Waals surface area contributed by atoms with Crippen LogP contribution in [0.25, 0.3) is 0 Å². The summed E-state index contributed by atoms with van der Waals surface area (Å²) in [6, 6.07) is 3.43. The summed E-state index contributed by atoms with van der Waals surface area (Å²) in [6.07, 6.45) is 3.18. The van der Waals surface area contributed by atoms with Crippen LogP contribution < -0.4 is 5.73 Å². The van der Waals surface area contributed by atoms with Crippen molar-refractivity contribution in [2.45, 2.75) is 6.92 Å². The highest BCUT2D eigenvalue weighted by molar-refractivity contribution is 5.90. The van der Waals surface area contributed by atoms with Gasteiger partial charge in [-0.3, -0.25) is 0 Å².